The molecule has 1 aromatic heterocycles. The molecule has 0 aliphatic carbocycles. The van der Waals surface area contributed by atoms with Crippen LogP contribution in [0.5, 0.6) is 5.75 Å². The van der Waals surface area contributed by atoms with Gasteiger partial charge in [0.15, 0.2) is 0 Å². The van der Waals surface area contributed by atoms with E-state index in [0.29, 0.717) is 35.5 Å². The van der Waals surface area contributed by atoms with Gasteiger partial charge in [-0.2, -0.15) is 39.5 Å². The van der Waals surface area contributed by atoms with Gasteiger partial charge in [-0.15, -0.1) is 0 Å². The Hall–Kier alpha value is -3.95. The third-order valence-electron chi connectivity index (χ3n) is 7.10. The lowest BCUT2D eigenvalue weighted by atomic mass is 9.97. The molecule has 242 valence electrons. The second kappa shape index (κ2) is 12.4. The van der Waals surface area contributed by atoms with Crippen LogP contribution in [0.1, 0.15) is 52.2 Å². The molecule has 2 heterocycles. The van der Waals surface area contributed by atoms with Crippen LogP contribution >= 0.6 is 11.8 Å². The minimum Gasteiger partial charge on any atom is -0.496 e. The minimum atomic E-state index is -5.12. The molecule has 45 heavy (non-hydrogen) atoms. The number of aromatic nitrogens is 1. The number of amides is 1. The number of benzene rings is 2. The normalized spacial score (nSPS) is 17.6. The Morgan fingerprint density at radius 1 is 0.911 bits per heavy atom. The second-order valence-corrected chi connectivity index (χ2v) is 11.2. The Balaban J connectivity index is 1.78. The number of hydrogen-bond donors (Lipinski definition) is 1. The first kappa shape index (κ1) is 33.9. The number of carbonyl (C=O) groups is 2. The summed E-state index contributed by atoms with van der Waals surface area (Å²) in [6.45, 7) is 0.771. The van der Waals surface area contributed by atoms with Crippen molar-refractivity contribution in [2.45, 2.75) is 56.1 Å². The van der Waals surface area contributed by atoms with E-state index in [1.807, 2.05) is 0 Å². The van der Waals surface area contributed by atoms with E-state index in [-0.39, 0.29) is 41.5 Å². The Bertz CT molecular complexity index is 1570. The quantitative estimate of drug-likeness (QED) is 0.243. The fourth-order valence-electron chi connectivity index (χ4n) is 4.86. The fraction of sp³-hybridized carbons (Fsp3) is 0.345. The van der Waals surface area contributed by atoms with Gasteiger partial charge in [0, 0.05) is 23.6 Å². The lowest BCUT2D eigenvalue weighted by molar-refractivity contribution is -0.143. The van der Waals surface area contributed by atoms with Gasteiger partial charge in [0.2, 0.25) is 0 Å². The molecule has 1 saturated heterocycles. The summed E-state index contributed by atoms with van der Waals surface area (Å²) in [6, 6.07) is 6.28. The van der Waals surface area contributed by atoms with Crippen LogP contribution in [0.3, 0.4) is 0 Å². The predicted octanol–water partition coefficient (Wildman–Crippen LogP) is 8.63. The van der Waals surface area contributed by atoms with Crippen LogP contribution in [0.25, 0.3) is 11.1 Å². The van der Waals surface area contributed by atoms with Crippen LogP contribution in [0, 0.1) is 0 Å². The maximum absolute atomic E-state index is 13.7. The highest BCUT2D eigenvalue weighted by atomic mass is 32.2. The average Bonchev–Trinajstić information content (AvgIpc) is 3.22. The van der Waals surface area contributed by atoms with Crippen molar-refractivity contribution in [3.63, 3.8) is 0 Å². The fourth-order valence-corrected chi connectivity index (χ4v) is 6.06. The number of ether oxygens (including phenoxy) is 1. The number of nitrogens with zero attached hydrogens (tertiary/aromatic N) is 2. The van der Waals surface area contributed by atoms with Crippen molar-refractivity contribution >= 4 is 23.0 Å². The monoisotopic (exact) mass is 666 g/mol. The van der Waals surface area contributed by atoms with Gasteiger partial charge >= 0.3 is 24.5 Å². The van der Waals surface area contributed by atoms with Gasteiger partial charge in [-0.05, 0) is 60.9 Å². The molecule has 2 unspecified atom stereocenters. The summed E-state index contributed by atoms with van der Waals surface area (Å²) in [4.78, 5) is 28.9. The van der Waals surface area contributed by atoms with Gasteiger partial charge in [0.25, 0.3) is 5.24 Å². The minimum absolute atomic E-state index is 0.0375. The molecule has 1 N–H and O–H groups in total. The molecule has 0 spiro atoms. The number of halogens is 9. The highest BCUT2D eigenvalue weighted by Gasteiger charge is 2.43. The van der Waals surface area contributed by atoms with Crippen molar-refractivity contribution in [3.05, 3.63) is 82.2 Å². The molecule has 0 radical (unpaired) electrons. The molecule has 1 aliphatic rings. The first-order valence-electron chi connectivity index (χ1n) is 13.0. The van der Waals surface area contributed by atoms with Crippen molar-refractivity contribution in [2.75, 3.05) is 7.11 Å². The number of carboxylic acid groups (broad SMARTS) is 1. The maximum atomic E-state index is 13.7. The Labute approximate surface area is 254 Å². The summed E-state index contributed by atoms with van der Waals surface area (Å²) in [5.74, 6) is -0.894. The van der Waals surface area contributed by atoms with E-state index in [4.69, 9.17) is 9.84 Å². The number of hydrogen-bond acceptors (Lipinski definition) is 5. The molecular weight excluding hydrogens is 643 g/mol. The molecule has 2 aromatic carbocycles. The summed E-state index contributed by atoms with van der Waals surface area (Å²) in [5.41, 5.74) is -4.33. The molecule has 16 heteroatoms. The van der Waals surface area contributed by atoms with Crippen LogP contribution in [-0.4, -0.2) is 39.4 Å². The number of rotatable bonds is 8. The first-order chi connectivity index (χ1) is 20.8. The molecular formula is C29H23F9N2O4S. The van der Waals surface area contributed by atoms with Crippen LogP contribution in [0.15, 0.2) is 48.5 Å². The number of carbonyl (C=O) groups excluding carboxylic acids is 1. The number of carboxylic acids is 1. The molecule has 2 atom stereocenters. The van der Waals surface area contributed by atoms with Crippen LogP contribution in [0.4, 0.5) is 44.3 Å². The van der Waals surface area contributed by atoms with Gasteiger partial charge in [-0.3, -0.25) is 9.59 Å². The van der Waals surface area contributed by atoms with Crippen molar-refractivity contribution in [3.8, 4) is 16.9 Å². The Morgan fingerprint density at radius 2 is 1.53 bits per heavy atom. The maximum Gasteiger partial charge on any atom is 0.433 e. The zero-order chi connectivity index (χ0) is 33.5. The van der Waals surface area contributed by atoms with E-state index >= 15 is 0 Å². The van der Waals surface area contributed by atoms with Gasteiger partial charge in [0.05, 0.1) is 35.7 Å². The van der Waals surface area contributed by atoms with Gasteiger partial charge in [0.1, 0.15) is 11.4 Å². The van der Waals surface area contributed by atoms with E-state index in [9.17, 15) is 49.1 Å². The molecule has 0 saturated carbocycles. The Kier molecular flexibility index (Phi) is 9.39. The highest BCUT2D eigenvalue weighted by Crippen LogP contribution is 2.47. The third kappa shape index (κ3) is 7.65. The van der Waals surface area contributed by atoms with Crippen LogP contribution in [-0.2, 0) is 36.3 Å². The molecule has 6 nitrogen and oxygen atoms in total. The number of methoxy groups -OCH3 is 1. The summed E-state index contributed by atoms with van der Waals surface area (Å²) >= 11 is 0.446. The van der Waals surface area contributed by atoms with Crippen molar-refractivity contribution < 1.29 is 58.9 Å². The summed E-state index contributed by atoms with van der Waals surface area (Å²) in [7, 11) is 1.30. The highest BCUT2D eigenvalue weighted by molar-refractivity contribution is 8.14. The zero-order valence-electron chi connectivity index (χ0n) is 23.3. The first-order valence-corrected chi connectivity index (χ1v) is 13.9. The molecule has 3 aromatic rings. The Morgan fingerprint density at radius 3 is 2.07 bits per heavy atom. The van der Waals surface area contributed by atoms with Crippen LogP contribution < -0.4 is 4.74 Å². The number of pyridine rings is 1. The van der Waals surface area contributed by atoms with E-state index in [1.54, 1.807) is 6.07 Å². The third-order valence-corrected chi connectivity index (χ3v) is 8.45. The largest absolute Gasteiger partial charge is 0.496 e. The smallest absolute Gasteiger partial charge is 0.433 e. The van der Waals surface area contributed by atoms with E-state index < -0.39 is 70.0 Å². The van der Waals surface area contributed by atoms with Crippen molar-refractivity contribution in [1.29, 1.82) is 0 Å². The summed E-state index contributed by atoms with van der Waals surface area (Å²) in [6.07, 6.45) is -15.3. The summed E-state index contributed by atoms with van der Waals surface area (Å²) < 4.78 is 127. The molecule has 1 fully saturated rings. The summed E-state index contributed by atoms with van der Waals surface area (Å²) in [5, 5.41) is 7.01. The van der Waals surface area contributed by atoms with Gasteiger partial charge < -0.3 is 14.7 Å². The predicted molar refractivity (Wildman–Crippen MR) is 144 cm³/mol. The number of alkyl halides is 9. The SMILES string of the molecule is COc1ccc(CCC(=O)O)cc1-c1ccc(C(F)(F)F)nc1CN1C(=O)SC(c2cc(C(F)(F)F)cc(C(F)(F)F)c2)C1C. The van der Waals surface area contributed by atoms with E-state index in [0.717, 1.165) is 11.0 Å². The molecule has 4 rings (SSSR count). The zero-order valence-corrected chi connectivity index (χ0v) is 24.1. The standard InChI is InChI=1S/C29H23F9N2O4S/c1-14-25(16-10-17(27(30,31)32)12-18(11-16)28(33,34)35)45-26(43)40(14)13-21-19(5-7-23(39-21)29(36,37)38)20-9-15(4-8-24(41)42)3-6-22(20)44-2/h3,5-7,9-12,14,25H,4,8,13H2,1-2H3,(H,41,42). The topological polar surface area (TPSA) is 79.7 Å². The number of aliphatic carboxylic acids is 1. The molecule has 0 bridgehead atoms. The van der Waals surface area contributed by atoms with E-state index in [1.165, 1.54) is 26.2 Å². The van der Waals surface area contributed by atoms with Crippen molar-refractivity contribution in [1.82, 2.24) is 9.88 Å². The van der Waals surface area contributed by atoms with Crippen LogP contribution in [0.2, 0.25) is 0 Å². The average molecular weight is 667 g/mol. The molecule has 1 aliphatic heterocycles. The number of aryl methyl sites for hydroxylation is 1. The lowest BCUT2D eigenvalue weighted by Crippen LogP contribution is -2.32. The van der Waals surface area contributed by atoms with Gasteiger partial charge in [-0.25, -0.2) is 4.98 Å². The van der Waals surface area contributed by atoms with Gasteiger partial charge in [-0.1, -0.05) is 23.9 Å². The number of thioether (sulfide) groups is 1. The molecule has 1 amide bonds. The van der Waals surface area contributed by atoms with Crippen molar-refractivity contribution in [2.24, 2.45) is 0 Å². The van der Waals surface area contributed by atoms with E-state index in [2.05, 4.69) is 4.98 Å². The lowest BCUT2D eigenvalue weighted by Gasteiger charge is -2.26. The second-order valence-electron chi connectivity index (χ2n) is 10.1.